The van der Waals surface area contributed by atoms with Crippen LogP contribution in [-0.4, -0.2) is 16.3 Å². The lowest BCUT2D eigenvalue weighted by Crippen LogP contribution is -2.18. The molecule has 2 N–H and O–H groups in total. The van der Waals surface area contributed by atoms with Crippen molar-refractivity contribution in [1.82, 2.24) is 9.78 Å². The van der Waals surface area contributed by atoms with Gasteiger partial charge in [0.05, 0.1) is 5.69 Å². The van der Waals surface area contributed by atoms with Crippen LogP contribution < -0.4 is 5.73 Å². The van der Waals surface area contributed by atoms with E-state index in [0.29, 0.717) is 5.41 Å². The van der Waals surface area contributed by atoms with Crippen LogP contribution in [0, 0.1) is 12.3 Å². The monoisotopic (exact) mass is 179 g/mol. The first-order valence-electron chi connectivity index (χ1n) is 4.85. The van der Waals surface area contributed by atoms with Crippen molar-refractivity contribution in [2.24, 2.45) is 18.2 Å². The molecule has 1 heterocycles. The number of hydrogen-bond donors (Lipinski definition) is 1. The maximum atomic E-state index is 5.73. The van der Waals surface area contributed by atoms with Crippen LogP contribution in [0.1, 0.15) is 24.2 Å². The minimum Gasteiger partial charge on any atom is -0.330 e. The molecule has 3 heteroatoms. The summed E-state index contributed by atoms with van der Waals surface area (Å²) in [7, 11) is 1.99. The van der Waals surface area contributed by atoms with Crippen LogP contribution in [0.4, 0.5) is 0 Å². The van der Waals surface area contributed by atoms with Crippen LogP contribution in [0.3, 0.4) is 0 Å². The number of nitrogens with two attached hydrogens (primary N) is 1. The molecule has 0 spiro atoms. The number of aromatic nitrogens is 2. The molecule has 13 heavy (non-hydrogen) atoms. The van der Waals surface area contributed by atoms with Crippen molar-refractivity contribution >= 4 is 0 Å². The second-order valence-corrected chi connectivity index (χ2v) is 4.28. The molecule has 1 aromatic rings. The van der Waals surface area contributed by atoms with Gasteiger partial charge in [-0.05, 0) is 44.2 Å². The first-order chi connectivity index (χ1) is 6.15. The Morgan fingerprint density at radius 3 is 2.69 bits per heavy atom. The number of aryl methyl sites for hydroxylation is 2. The third-order valence-corrected chi connectivity index (χ3v) is 3.11. The van der Waals surface area contributed by atoms with Crippen molar-refractivity contribution in [3.05, 3.63) is 17.5 Å². The summed E-state index contributed by atoms with van der Waals surface area (Å²) in [6.45, 7) is 2.89. The largest absolute Gasteiger partial charge is 0.330 e. The Balaban J connectivity index is 2.10. The molecule has 0 saturated heterocycles. The van der Waals surface area contributed by atoms with E-state index in [2.05, 4.69) is 18.1 Å². The van der Waals surface area contributed by atoms with E-state index in [1.165, 1.54) is 24.2 Å². The molecule has 0 unspecified atom stereocenters. The highest BCUT2D eigenvalue weighted by Gasteiger charge is 2.41. The standard InChI is InChI=1S/C10H17N3/c1-8-5-9(12-13(8)2)6-10(7-11)3-4-10/h5H,3-4,6-7,11H2,1-2H3. The highest BCUT2D eigenvalue weighted by Crippen LogP contribution is 2.47. The summed E-state index contributed by atoms with van der Waals surface area (Å²) in [4.78, 5) is 0. The van der Waals surface area contributed by atoms with Crippen molar-refractivity contribution in [1.29, 1.82) is 0 Å². The van der Waals surface area contributed by atoms with Gasteiger partial charge in [0.15, 0.2) is 0 Å². The van der Waals surface area contributed by atoms with Gasteiger partial charge in [0.25, 0.3) is 0 Å². The summed E-state index contributed by atoms with van der Waals surface area (Å²) in [5.74, 6) is 0. The van der Waals surface area contributed by atoms with Crippen LogP contribution >= 0.6 is 0 Å². The summed E-state index contributed by atoms with van der Waals surface area (Å²) in [5, 5.41) is 4.44. The Morgan fingerprint density at radius 1 is 1.62 bits per heavy atom. The molecule has 2 rings (SSSR count). The minimum absolute atomic E-state index is 0.404. The third-order valence-electron chi connectivity index (χ3n) is 3.11. The summed E-state index contributed by atoms with van der Waals surface area (Å²) < 4.78 is 1.93. The molecule has 0 radical (unpaired) electrons. The molecule has 1 aliphatic carbocycles. The lowest BCUT2D eigenvalue weighted by atomic mass is 10.0. The van der Waals surface area contributed by atoms with Crippen LogP contribution in [0.5, 0.6) is 0 Å². The van der Waals surface area contributed by atoms with E-state index in [0.717, 1.165) is 13.0 Å². The molecule has 72 valence electrons. The SMILES string of the molecule is Cc1cc(CC2(CN)CC2)nn1C. The molecule has 0 aliphatic heterocycles. The van der Waals surface area contributed by atoms with E-state index in [4.69, 9.17) is 5.73 Å². The maximum Gasteiger partial charge on any atom is 0.0633 e. The van der Waals surface area contributed by atoms with E-state index in [1.54, 1.807) is 0 Å². The van der Waals surface area contributed by atoms with Crippen molar-refractivity contribution < 1.29 is 0 Å². The third kappa shape index (κ3) is 1.61. The Hall–Kier alpha value is -0.830. The molecule has 1 saturated carbocycles. The molecule has 0 amide bonds. The van der Waals surface area contributed by atoms with Gasteiger partial charge in [-0.3, -0.25) is 4.68 Å². The molecular weight excluding hydrogens is 162 g/mol. The number of rotatable bonds is 3. The van der Waals surface area contributed by atoms with E-state index in [-0.39, 0.29) is 0 Å². The zero-order valence-electron chi connectivity index (χ0n) is 8.38. The summed E-state index contributed by atoms with van der Waals surface area (Å²) in [6, 6.07) is 2.16. The fraction of sp³-hybridized carbons (Fsp3) is 0.700. The first kappa shape index (κ1) is 8.75. The predicted octanol–water partition coefficient (Wildman–Crippen LogP) is 1.01. The summed E-state index contributed by atoms with van der Waals surface area (Å²) in [5.41, 5.74) is 8.55. The van der Waals surface area contributed by atoms with Crippen molar-refractivity contribution in [3.63, 3.8) is 0 Å². The van der Waals surface area contributed by atoms with Gasteiger partial charge in [0, 0.05) is 12.7 Å². The van der Waals surface area contributed by atoms with E-state index in [1.807, 2.05) is 11.7 Å². The van der Waals surface area contributed by atoms with Crippen LogP contribution in [0.25, 0.3) is 0 Å². The average Bonchev–Trinajstić information content (AvgIpc) is 2.78. The molecule has 0 aromatic carbocycles. The Kier molecular flexibility index (Phi) is 1.91. The van der Waals surface area contributed by atoms with Gasteiger partial charge in [0.1, 0.15) is 0 Å². The van der Waals surface area contributed by atoms with Gasteiger partial charge < -0.3 is 5.73 Å². The molecule has 0 atom stereocenters. The van der Waals surface area contributed by atoms with Crippen LogP contribution in [0.2, 0.25) is 0 Å². The molecule has 1 fully saturated rings. The van der Waals surface area contributed by atoms with Crippen LogP contribution in [0.15, 0.2) is 6.07 Å². The highest BCUT2D eigenvalue weighted by molar-refractivity contribution is 5.13. The second kappa shape index (κ2) is 2.84. The molecular formula is C10H17N3. The minimum atomic E-state index is 0.404. The van der Waals surface area contributed by atoms with E-state index < -0.39 is 0 Å². The molecule has 0 bridgehead atoms. The van der Waals surface area contributed by atoms with Crippen molar-refractivity contribution in [3.8, 4) is 0 Å². The van der Waals surface area contributed by atoms with Gasteiger partial charge >= 0.3 is 0 Å². The quantitative estimate of drug-likeness (QED) is 0.752. The van der Waals surface area contributed by atoms with Gasteiger partial charge in [0.2, 0.25) is 0 Å². The Bertz CT molecular complexity index is 290. The fourth-order valence-electron chi connectivity index (χ4n) is 1.74. The normalized spacial score (nSPS) is 19.0. The lowest BCUT2D eigenvalue weighted by Gasteiger charge is -2.08. The van der Waals surface area contributed by atoms with Gasteiger partial charge in [-0.2, -0.15) is 5.10 Å². The Morgan fingerprint density at radius 2 is 2.31 bits per heavy atom. The second-order valence-electron chi connectivity index (χ2n) is 4.28. The number of nitrogens with zero attached hydrogens (tertiary/aromatic N) is 2. The van der Waals surface area contributed by atoms with Crippen molar-refractivity contribution in [2.75, 3.05) is 6.54 Å². The van der Waals surface area contributed by atoms with E-state index >= 15 is 0 Å². The molecule has 1 aliphatic rings. The maximum absolute atomic E-state index is 5.73. The van der Waals surface area contributed by atoms with E-state index in [9.17, 15) is 0 Å². The summed E-state index contributed by atoms with van der Waals surface area (Å²) in [6.07, 6.45) is 3.61. The summed E-state index contributed by atoms with van der Waals surface area (Å²) >= 11 is 0. The zero-order chi connectivity index (χ0) is 9.47. The average molecular weight is 179 g/mol. The highest BCUT2D eigenvalue weighted by atomic mass is 15.3. The number of hydrogen-bond acceptors (Lipinski definition) is 2. The van der Waals surface area contributed by atoms with Crippen molar-refractivity contribution in [2.45, 2.75) is 26.2 Å². The van der Waals surface area contributed by atoms with Crippen LogP contribution in [-0.2, 0) is 13.5 Å². The zero-order valence-corrected chi connectivity index (χ0v) is 8.38. The fourth-order valence-corrected chi connectivity index (χ4v) is 1.74. The van der Waals surface area contributed by atoms with Gasteiger partial charge in [-0.25, -0.2) is 0 Å². The topological polar surface area (TPSA) is 43.8 Å². The molecule has 1 aromatic heterocycles. The Labute approximate surface area is 78.9 Å². The first-order valence-corrected chi connectivity index (χ1v) is 4.85. The lowest BCUT2D eigenvalue weighted by molar-refractivity contribution is 0.509. The molecule has 3 nitrogen and oxygen atoms in total. The smallest absolute Gasteiger partial charge is 0.0633 e. The van der Waals surface area contributed by atoms with Gasteiger partial charge in [-0.15, -0.1) is 0 Å². The van der Waals surface area contributed by atoms with Gasteiger partial charge in [-0.1, -0.05) is 0 Å². The predicted molar refractivity (Wildman–Crippen MR) is 52.4 cm³/mol.